The summed E-state index contributed by atoms with van der Waals surface area (Å²) in [6.07, 6.45) is 2.13. The molecule has 3 atom stereocenters. The number of hydrogen-bond acceptors (Lipinski definition) is 5. The van der Waals surface area contributed by atoms with Gasteiger partial charge in [-0.05, 0) is 52.2 Å². The van der Waals surface area contributed by atoms with E-state index >= 15 is 4.39 Å². The molecule has 1 aliphatic rings. The second-order valence-corrected chi connectivity index (χ2v) is 10.1. The molecule has 0 spiro atoms. The van der Waals surface area contributed by atoms with Crippen LogP contribution in [0.25, 0.3) is 22.2 Å². The van der Waals surface area contributed by atoms with E-state index in [2.05, 4.69) is 28.9 Å². The Morgan fingerprint density at radius 1 is 1.10 bits per heavy atom. The number of nitrogens with zero attached hydrogens (tertiary/aromatic N) is 5. The number of rotatable bonds is 5. The van der Waals surface area contributed by atoms with Crippen LogP contribution >= 0.6 is 0 Å². The van der Waals surface area contributed by atoms with Crippen molar-refractivity contribution in [2.24, 2.45) is 0 Å². The van der Waals surface area contributed by atoms with Gasteiger partial charge in [0, 0.05) is 47.8 Å². The molecule has 1 saturated heterocycles. The molecule has 4 heterocycles. The van der Waals surface area contributed by atoms with Crippen molar-refractivity contribution in [3.05, 3.63) is 75.5 Å². The molecule has 0 aliphatic carbocycles. The van der Waals surface area contributed by atoms with Gasteiger partial charge >= 0.3 is 6.18 Å². The van der Waals surface area contributed by atoms with Gasteiger partial charge < -0.3 is 9.30 Å². The number of ether oxygens (including phenoxy) is 1. The highest BCUT2D eigenvalue weighted by atomic mass is 19.4. The summed E-state index contributed by atoms with van der Waals surface area (Å²) in [5, 5.41) is 4.45. The molecule has 7 nitrogen and oxygen atoms in total. The summed E-state index contributed by atoms with van der Waals surface area (Å²) in [5.41, 5.74) is 0.809. The van der Waals surface area contributed by atoms with E-state index in [-0.39, 0.29) is 40.3 Å². The van der Waals surface area contributed by atoms with Crippen LogP contribution in [-0.4, -0.2) is 30.9 Å². The van der Waals surface area contributed by atoms with Crippen LogP contribution in [0.4, 0.5) is 17.6 Å². The van der Waals surface area contributed by atoms with Crippen molar-refractivity contribution in [1.29, 1.82) is 0 Å². The number of fused-ring (bicyclic) bond motifs is 1. The minimum atomic E-state index is -4.69. The maximum absolute atomic E-state index is 15.2. The molecule has 0 saturated carbocycles. The number of aromatic nitrogens is 5. The average molecular weight is 544 g/mol. The molecule has 0 amide bonds. The van der Waals surface area contributed by atoms with Crippen LogP contribution in [0.5, 0.6) is 0 Å². The van der Waals surface area contributed by atoms with E-state index in [9.17, 15) is 18.0 Å². The van der Waals surface area contributed by atoms with Gasteiger partial charge in [-0.2, -0.15) is 18.3 Å². The Labute approximate surface area is 222 Å². The molecule has 1 aromatic carbocycles. The van der Waals surface area contributed by atoms with Crippen LogP contribution in [0.2, 0.25) is 0 Å². The van der Waals surface area contributed by atoms with Crippen molar-refractivity contribution in [1.82, 2.24) is 24.3 Å². The zero-order valence-electron chi connectivity index (χ0n) is 22.1. The maximum Gasteiger partial charge on any atom is 0.416 e. The van der Waals surface area contributed by atoms with Crippen LogP contribution in [0.15, 0.2) is 41.6 Å². The second-order valence-electron chi connectivity index (χ2n) is 10.1. The molecule has 1 unspecified atom stereocenters. The number of pyridine rings is 1. The van der Waals surface area contributed by atoms with Crippen molar-refractivity contribution >= 4 is 11.0 Å². The third-order valence-electron chi connectivity index (χ3n) is 7.54. The predicted molar refractivity (Wildman–Crippen MR) is 138 cm³/mol. The summed E-state index contributed by atoms with van der Waals surface area (Å²) in [7, 11) is 0. The highest BCUT2D eigenvalue weighted by Gasteiger charge is 2.32. The number of halogens is 4. The van der Waals surface area contributed by atoms with Gasteiger partial charge in [0.2, 0.25) is 0 Å². The maximum atomic E-state index is 15.2. The largest absolute Gasteiger partial charge is 0.416 e. The first-order chi connectivity index (χ1) is 18.5. The fourth-order valence-electron chi connectivity index (χ4n) is 4.91. The van der Waals surface area contributed by atoms with Crippen molar-refractivity contribution in [2.75, 3.05) is 6.61 Å². The topological polar surface area (TPSA) is 74.8 Å². The first kappa shape index (κ1) is 27.0. The molecule has 11 heteroatoms. The molecule has 206 valence electrons. The summed E-state index contributed by atoms with van der Waals surface area (Å²) in [6.45, 7) is 7.97. The zero-order chi connectivity index (χ0) is 28.1. The van der Waals surface area contributed by atoms with E-state index in [1.807, 2.05) is 10.9 Å². The number of hydrogen-bond donors (Lipinski definition) is 0. The summed E-state index contributed by atoms with van der Waals surface area (Å²) >= 11 is 0. The van der Waals surface area contributed by atoms with Crippen LogP contribution in [0, 0.1) is 19.7 Å². The van der Waals surface area contributed by atoms with E-state index in [4.69, 9.17) is 4.74 Å². The molecule has 0 bridgehead atoms. The molecule has 0 radical (unpaired) electrons. The Balaban J connectivity index is 1.61. The first-order valence-corrected chi connectivity index (χ1v) is 12.9. The molecular formula is C28H29F4N5O2. The van der Waals surface area contributed by atoms with Crippen LogP contribution in [0.3, 0.4) is 0 Å². The van der Waals surface area contributed by atoms with Crippen LogP contribution < -0.4 is 5.56 Å². The number of benzene rings is 1. The Kier molecular flexibility index (Phi) is 7.04. The molecule has 1 fully saturated rings. The van der Waals surface area contributed by atoms with Gasteiger partial charge in [-0.15, -0.1) is 0 Å². The smallest absolute Gasteiger partial charge is 0.373 e. The summed E-state index contributed by atoms with van der Waals surface area (Å²) in [6, 6.07) is 2.28. The van der Waals surface area contributed by atoms with Crippen molar-refractivity contribution < 1.29 is 22.3 Å². The molecule has 1 aliphatic heterocycles. The lowest BCUT2D eigenvalue weighted by atomic mass is 9.97. The lowest BCUT2D eigenvalue weighted by Crippen LogP contribution is -2.31. The third kappa shape index (κ3) is 5.07. The second kappa shape index (κ2) is 10.2. The fourth-order valence-corrected chi connectivity index (χ4v) is 4.91. The lowest BCUT2D eigenvalue weighted by molar-refractivity contribution is -0.137. The predicted octanol–water partition coefficient (Wildman–Crippen LogP) is 6.49. The normalized spacial score (nSPS) is 19.0. The molecule has 5 rings (SSSR count). The SMILES string of the molecule is CCC(C)n1cc([C@H]2C[C@H](n3cc(-c4ccc(C(F)(F)F)cc4F)c4nc(C)c(C)nc4c3=O)CCO2)cn1. The quantitative estimate of drug-likeness (QED) is 0.269. The van der Waals surface area contributed by atoms with E-state index in [0.29, 0.717) is 36.9 Å². The summed E-state index contributed by atoms with van der Waals surface area (Å²) in [5.74, 6) is -1.06. The Morgan fingerprint density at radius 2 is 1.82 bits per heavy atom. The Bertz CT molecular complexity index is 1590. The van der Waals surface area contributed by atoms with Crippen molar-refractivity contribution in [3.8, 4) is 11.1 Å². The standard InChI is InChI=1S/C28H29F4N5O2/c1-5-15(2)37-13-18(12-33-37)24-11-20(8-9-39-24)36-14-22(21-7-6-19(10-23(21)29)28(30,31)32)25-26(27(36)38)35-17(4)16(3)34-25/h6-7,10,12-15,20,24H,5,8-9,11H2,1-4H3/t15?,20-,24-/m1/s1. The lowest BCUT2D eigenvalue weighted by Gasteiger charge is -2.31. The highest BCUT2D eigenvalue weighted by Crippen LogP contribution is 2.37. The van der Waals surface area contributed by atoms with Crippen molar-refractivity contribution in [3.63, 3.8) is 0 Å². The fraction of sp³-hybridized carbons (Fsp3) is 0.429. The van der Waals surface area contributed by atoms with E-state index < -0.39 is 23.1 Å². The van der Waals surface area contributed by atoms with E-state index in [0.717, 1.165) is 24.1 Å². The average Bonchev–Trinajstić information content (AvgIpc) is 3.40. The minimum absolute atomic E-state index is 0.0440. The van der Waals surface area contributed by atoms with E-state index in [1.165, 1.54) is 10.8 Å². The third-order valence-corrected chi connectivity index (χ3v) is 7.54. The molecular weight excluding hydrogens is 514 g/mol. The van der Waals surface area contributed by atoms with Gasteiger partial charge in [-0.25, -0.2) is 14.4 Å². The monoisotopic (exact) mass is 543 g/mol. The van der Waals surface area contributed by atoms with Gasteiger partial charge in [0.1, 0.15) is 11.3 Å². The summed E-state index contributed by atoms with van der Waals surface area (Å²) in [4.78, 5) is 22.7. The van der Waals surface area contributed by atoms with Gasteiger partial charge in [-0.3, -0.25) is 9.48 Å². The molecule has 0 N–H and O–H groups in total. The molecule has 39 heavy (non-hydrogen) atoms. The molecule has 4 aromatic rings. The summed E-state index contributed by atoms with van der Waals surface area (Å²) < 4.78 is 64.2. The van der Waals surface area contributed by atoms with E-state index in [1.54, 1.807) is 20.0 Å². The van der Waals surface area contributed by atoms with Gasteiger partial charge in [0.05, 0.1) is 29.3 Å². The zero-order valence-corrected chi connectivity index (χ0v) is 22.1. The number of alkyl halides is 3. The highest BCUT2D eigenvalue weighted by molar-refractivity contribution is 5.91. The van der Waals surface area contributed by atoms with Crippen molar-refractivity contribution in [2.45, 2.75) is 71.3 Å². The van der Waals surface area contributed by atoms with Gasteiger partial charge in [0.15, 0.2) is 5.52 Å². The minimum Gasteiger partial charge on any atom is -0.373 e. The van der Waals surface area contributed by atoms with Gasteiger partial charge in [0.25, 0.3) is 5.56 Å². The number of aryl methyl sites for hydroxylation is 2. The van der Waals surface area contributed by atoms with Gasteiger partial charge in [-0.1, -0.05) is 13.0 Å². The van der Waals surface area contributed by atoms with Crippen LogP contribution in [-0.2, 0) is 10.9 Å². The Morgan fingerprint density at radius 3 is 2.49 bits per heavy atom. The molecule has 3 aromatic heterocycles. The van der Waals surface area contributed by atoms with Crippen LogP contribution in [0.1, 0.15) is 73.8 Å². The first-order valence-electron chi connectivity index (χ1n) is 12.9. The Hall–Kier alpha value is -3.60.